The van der Waals surface area contributed by atoms with E-state index in [1.54, 1.807) is 37.6 Å². The molecule has 0 aliphatic carbocycles. The number of hydrogen-bond donors (Lipinski definition) is 4. The SMILES string of the molecule is CCCC[C@H](CCC(C)=O)Nc1nc(N)nc2ccsc12.CCCC[C@](C)(CCC(C)=O)Nc1nc(N)nc2nccnc12. The van der Waals surface area contributed by atoms with Gasteiger partial charge in [0.15, 0.2) is 17.0 Å². The zero-order valence-corrected chi connectivity index (χ0v) is 27.3. The van der Waals surface area contributed by atoms with Crippen LogP contribution in [0.3, 0.4) is 0 Å². The molecule has 0 aliphatic heterocycles. The zero-order valence-electron chi connectivity index (χ0n) is 26.5. The van der Waals surface area contributed by atoms with Gasteiger partial charge in [0.2, 0.25) is 11.9 Å². The number of rotatable bonds is 16. The lowest BCUT2D eigenvalue weighted by atomic mass is 9.89. The second-order valence-electron chi connectivity index (χ2n) is 11.4. The Labute approximate surface area is 263 Å². The summed E-state index contributed by atoms with van der Waals surface area (Å²) in [6, 6.07) is 2.19. The largest absolute Gasteiger partial charge is 0.368 e. The van der Waals surface area contributed by atoms with Crippen molar-refractivity contribution in [2.45, 2.75) is 110 Å². The van der Waals surface area contributed by atoms with E-state index in [0.29, 0.717) is 29.8 Å². The van der Waals surface area contributed by atoms with Crippen molar-refractivity contribution in [2.75, 3.05) is 22.1 Å². The Bertz CT molecular complexity index is 1530. The summed E-state index contributed by atoms with van der Waals surface area (Å²) >= 11 is 1.60. The van der Waals surface area contributed by atoms with E-state index in [9.17, 15) is 9.59 Å². The molecule has 0 unspecified atom stereocenters. The molecule has 13 heteroatoms. The summed E-state index contributed by atoms with van der Waals surface area (Å²) in [4.78, 5) is 48.1. The highest BCUT2D eigenvalue weighted by molar-refractivity contribution is 7.17. The van der Waals surface area contributed by atoms with Gasteiger partial charge in [-0.3, -0.25) is 0 Å². The maximum absolute atomic E-state index is 11.4. The average molecular weight is 623 g/mol. The Morgan fingerprint density at radius 1 is 0.886 bits per heavy atom. The molecule has 44 heavy (non-hydrogen) atoms. The van der Waals surface area contributed by atoms with Gasteiger partial charge in [0.25, 0.3) is 0 Å². The number of hydrogen-bond acceptors (Lipinski definition) is 13. The van der Waals surface area contributed by atoms with Gasteiger partial charge in [-0.1, -0.05) is 39.5 Å². The third-order valence-corrected chi connectivity index (χ3v) is 8.20. The van der Waals surface area contributed by atoms with E-state index in [2.05, 4.69) is 61.3 Å². The van der Waals surface area contributed by atoms with Crippen LogP contribution in [-0.4, -0.2) is 53.1 Å². The average Bonchev–Trinajstić information content (AvgIpc) is 3.45. The molecule has 0 radical (unpaired) electrons. The second kappa shape index (κ2) is 16.7. The van der Waals surface area contributed by atoms with Crippen molar-refractivity contribution in [3.63, 3.8) is 0 Å². The van der Waals surface area contributed by atoms with Gasteiger partial charge in [0, 0.05) is 36.8 Å². The molecule has 0 aliphatic rings. The number of Topliss-reactive ketones (excluding diaryl/α,β-unsaturated/α-hetero) is 2. The fraction of sp³-hybridized carbons (Fsp3) is 0.548. The predicted octanol–water partition coefficient (Wildman–Crippen LogP) is 6.35. The Morgan fingerprint density at radius 3 is 2.27 bits per heavy atom. The molecule has 0 bridgehead atoms. The molecule has 0 saturated carbocycles. The summed E-state index contributed by atoms with van der Waals surface area (Å²) in [5.74, 6) is 2.21. The number of aromatic nitrogens is 6. The van der Waals surface area contributed by atoms with E-state index in [1.165, 1.54) is 0 Å². The minimum absolute atomic E-state index is 0.157. The summed E-state index contributed by atoms with van der Waals surface area (Å²) in [5.41, 5.74) is 13.2. The van der Waals surface area contributed by atoms with E-state index in [0.717, 1.165) is 67.4 Å². The fourth-order valence-corrected chi connectivity index (χ4v) is 5.60. The number of anilines is 4. The van der Waals surface area contributed by atoms with Gasteiger partial charge < -0.3 is 31.7 Å². The zero-order chi connectivity index (χ0) is 32.1. The van der Waals surface area contributed by atoms with Crippen molar-refractivity contribution in [1.29, 1.82) is 0 Å². The van der Waals surface area contributed by atoms with Crippen LogP contribution in [0.2, 0.25) is 0 Å². The molecule has 0 amide bonds. The Balaban J connectivity index is 0.000000241. The van der Waals surface area contributed by atoms with Crippen LogP contribution < -0.4 is 22.1 Å². The minimum Gasteiger partial charge on any atom is -0.368 e. The van der Waals surface area contributed by atoms with Crippen molar-refractivity contribution >= 4 is 67.8 Å². The van der Waals surface area contributed by atoms with Crippen LogP contribution >= 0.6 is 11.3 Å². The quantitative estimate of drug-likeness (QED) is 0.109. The molecule has 238 valence electrons. The molecule has 0 spiro atoms. The Morgan fingerprint density at radius 2 is 1.57 bits per heavy atom. The van der Waals surface area contributed by atoms with Crippen LogP contribution in [0.25, 0.3) is 21.4 Å². The second-order valence-corrected chi connectivity index (χ2v) is 12.4. The van der Waals surface area contributed by atoms with E-state index >= 15 is 0 Å². The molecule has 0 fully saturated rings. The topological polar surface area (TPSA) is 188 Å². The standard InChI is InChI=1S/C16H24N6O.C15H22N4OS/c1-4-5-7-16(3,8-6-11(2)23)22-14-12-13(19-10-9-18-12)20-15(17)21-14;1-3-4-5-11(7-6-10(2)20)17-14-13-12(8-9-21-13)18-15(16)19-14/h9-10H,4-8H2,1-3H3,(H3,17,19,20,21,22);8-9,11H,3-7H2,1-2H3,(H3,16,17,18,19)/t16-;11-/m11/s1. The normalized spacial score (nSPS) is 13.1. The first kappa shape index (κ1) is 34.5. The van der Waals surface area contributed by atoms with E-state index in [1.807, 2.05) is 11.4 Å². The minimum atomic E-state index is -0.257. The van der Waals surface area contributed by atoms with Crippen molar-refractivity contribution < 1.29 is 9.59 Å². The molecule has 4 rings (SSSR count). The summed E-state index contributed by atoms with van der Waals surface area (Å²) in [6.07, 6.45) is 12.2. The van der Waals surface area contributed by atoms with Gasteiger partial charge in [0.1, 0.15) is 17.4 Å². The monoisotopic (exact) mass is 622 g/mol. The highest BCUT2D eigenvalue weighted by atomic mass is 32.1. The number of carbonyl (C=O) groups excluding carboxylic acids is 2. The van der Waals surface area contributed by atoms with Crippen LogP contribution in [-0.2, 0) is 9.59 Å². The number of nitrogens with one attached hydrogen (secondary N) is 2. The highest BCUT2D eigenvalue weighted by Crippen LogP contribution is 2.29. The first-order valence-electron chi connectivity index (χ1n) is 15.3. The first-order chi connectivity index (χ1) is 21.0. The summed E-state index contributed by atoms with van der Waals surface area (Å²) < 4.78 is 1.02. The maximum atomic E-state index is 11.4. The van der Waals surface area contributed by atoms with Crippen LogP contribution in [0.15, 0.2) is 23.8 Å². The smallest absolute Gasteiger partial charge is 0.224 e. The van der Waals surface area contributed by atoms with E-state index < -0.39 is 0 Å². The molecule has 0 aromatic carbocycles. The summed E-state index contributed by atoms with van der Waals surface area (Å²) in [7, 11) is 0. The Kier molecular flexibility index (Phi) is 13.1. The predicted molar refractivity (Wildman–Crippen MR) is 180 cm³/mol. The molecule has 6 N–H and O–H groups in total. The number of nitrogen functional groups attached to an aromatic ring is 2. The number of unbranched alkanes of at least 4 members (excludes halogenated alkanes) is 2. The van der Waals surface area contributed by atoms with Gasteiger partial charge in [-0.2, -0.15) is 15.0 Å². The third-order valence-electron chi connectivity index (χ3n) is 7.29. The first-order valence-corrected chi connectivity index (χ1v) is 16.2. The van der Waals surface area contributed by atoms with Crippen molar-refractivity contribution in [1.82, 2.24) is 29.9 Å². The lowest BCUT2D eigenvalue weighted by Crippen LogP contribution is -2.36. The van der Waals surface area contributed by atoms with E-state index in [-0.39, 0.29) is 35.0 Å². The molecule has 4 heterocycles. The molecule has 2 atom stereocenters. The van der Waals surface area contributed by atoms with Crippen LogP contribution in [0, 0.1) is 0 Å². The molecule has 0 saturated heterocycles. The third kappa shape index (κ3) is 10.6. The summed E-state index contributed by atoms with van der Waals surface area (Å²) in [5, 5.41) is 8.90. The number of ketones is 2. The van der Waals surface area contributed by atoms with Gasteiger partial charge >= 0.3 is 0 Å². The molecular weight excluding hydrogens is 576 g/mol. The van der Waals surface area contributed by atoms with E-state index in [4.69, 9.17) is 11.5 Å². The van der Waals surface area contributed by atoms with Crippen LogP contribution in [0.1, 0.15) is 98.8 Å². The Hall–Kier alpha value is -4.00. The number of nitrogens with zero attached hydrogens (tertiary/aromatic N) is 6. The molecule has 4 aromatic rings. The lowest BCUT2D eigenvalue weighted by molar-refractivity contribution is -0.118. The summed E-state index contributed by atoms with van der Waals surface area (Å²) in [6.45, 7) is 9.67. The lowest BCUT2D eigenvalue weighted by Gasteiger charge is -2.31. The van der Waals surface area contributed by atoms with Crippen molar-refractivity contribution in [3.8, 4) is 0 Å². The van der Waals surface area contributed by atoms with Gasteiger partial charge in [-0.05, 0) is 57.9 Å². The van der Waals surface area contributed by atoms with Crippen LogP contribution in [0.5, 0.6) is 0 Å². The molecule has 4 aromatic heterocycles. The maximum Gasteiger partial charge on any atom is 0.224 e. The number of nitrogens with two attached hydrogens (primary N) is 2. The van der Waals surface area contributed by atoms with Crippen LogP contribution in [0.4, 0.5) is 23.5 Å². The van der Waals surface area contributed by atoms with Gasteiger partial charge in [0.05, 0.1) is 10.2 Å². The van der Waals surface area contributed by atoms with Crippen molar-refractivity contribution in [3.05, 3.63) is 23.8 Å². The number of thiophene rings is 1. The molecule has 12 nitrogen and oxygen atoms in total. The fourth-order valence-electron chi connectivity index (χ4n) is 4.81. The molecular formula is C31H46N10O2S. The number of carbonyl (C=O) groups is 2. The van der Waals surface area contributed by atoms with Gasteiger partial charge in [-0.15, -0.1) is 11.3 Å². The van der Waals surface area contributed by atoms with Gasteiger partial charge in [-0.25, -0.2) is 15.0 Å². The van der Waals surface area contributed by atoms with Crippen molar-refractivity contribution in [2.24, 2.45) is 0 Å². The highest BCUT2D eigenvalue weighted by Gasteiger charge is 2.26. The number of fused-ring (bicyclic) bond motifs is 2.